The van der Waals surface area contributed by atoms with Gasteiger partial charge >= 0.3 is 0 Å². The lowest BCUT2D eigenvalue weighted by Gasteiger charge is -2.20. The van der Waals surface area contributed by atoms with Crippen molar-refractivity contribution in [1.82, 2.24) is 5.43 Å². The zero-order valence-corrected chi connectivity index (χ0v) is 10.9. The fourth-order valence-corrected chi connectivity index (χ4v) is 2.01. The molecule has 84 valence electrons. The molecule has 0 fully saturated rings. The summed E-state index contributed by atoms with van der Waals surface area (Å²) in [4.78, 5) is 0. The van der Waals surface area contributed by atoms with Gasteiger partial charge < -0.3 is 0 Å². The second-order valence-corrected chi connectivity index (χ2v) is 4.94. The molecule has 2 unspecified atom stereocenters. The summed E-state index contributed by atoms with van der Waals surface area (Å²) in [5.41, 5.74) is 4.13. The summed E-state index contributed by atoms with van der Waals surface area (Å²) in [6.45, 7) is 4.46. The molecule has 0 amide bonds. The molecule has 0 aliphatic carbocycles. The molecule has 1 aromatic rings. The van der Waals surface area contributed by atoms with E-state index in [-0.39, 0.29) is 6.04 Å². The van der Waals surface area contributed by atoms with Crippen molar-refractivity contribution < 1.29 is 0 Å². The van der Waals surface area contributed by atoms with Crippen molar-refractivity contribution in [2.45, 2.75) is 32.7 Å². The minimum atomic E-state index is 0.248. The van der Waals surface area contributed by atoms with Crippen molar-refractivity contribution in [3.8, 4) is 0 Å². The van der Waals surface area contributed by atoms with Gasteiger partial charge in [0.1, 0.15) is 0 Å². The predicted octanol–water partition coefficient (Wildman–Crippen LogP) is 3.39. The average Bonchev–Trinajstić information content (AvgIpc) is 2.25. The van der Waals surface area contributed by atoms with Gasteiger partial charge in [-0.3, -0.25) is 11.3 Å². The highest BCUT2D eigenvalue weighted by atomic mass is 79.9. The van der Waals surface area contributed by atoms with Crippen molar-refractivity contribution in [2.24, 2.45) is 11.8 Å². The number of nitrogens with two attached hydrogens (primary N) is 1. The van der Waals surface area contributed by atoms with E-state index in [4.69, 9.17) is 5.84 Å². The van der Waals surface area contributed by atoms with Gasteiger partial charge in [-0.1, -0.05) is 48.3 Å². The summed E-state index contributed by atoms with van der Waals surface area (Å²) < 4.78 is 1.10. The minimum absolute atomic E-state index is 0.248. The summed E-state index contributed by atoms with van der Waals surface area (Å²) >= 11 is 3.47. The SMILES string of the molecule is CCC(C)CC(NN)c1cccc(Br)c1. The second kappa shape index (κ2) is 6.26. The molecule has 0 aromatic heterocycles. The molecule has 0 spiro atoms. The van der Waals surface area contributed by atoms with Gasteiger partial charge in [-0.2, -0.15) is 0 Å². The summed E-state index contributed by atoms with van der Waals surface area (Å²) in [6.07, 6.45) is 2.26. The first-order valence-corrected chi connectivity index (χ1v) is 6.18. The van der Waals surface area contributed by atoms with Crippen LogP contribution < -0.4 is 11.3 Å². The molecule has 0 aliphatic rings. The monoisotopic (exact) mass is 270 g/mol. The standard InChI is InChI=1S/C12H19BrN2/c1-3-9(2)7-12(15-14)10-5-4-6-11(13)8-10/h4-6,8-9,12,15H,3,7,14H2,1-2H3. The summed E-state index contributed by atoms with van der Waals surface area (Å²) in [5, 5.41) is 0. The number of benzene rings is 1. The lowest BCUT2D eigenvalue weighted by molar-refractivity contribution is 0.407. The molecule has 0 aliphatic heterocycles. The van der Waals surface area contributed by atoms with Gasteiger partial charge in [0.25, 0.3) is 0 Å². The van der Waals surface area contributed by atoms with Crippen LogP contribution in [0.4, 0.5) is 0 Å². The Kier molecular flexibility index (Phi) is 5.29. The highest BCUT2D eigenvalue weighted by Crippen LogP contribution is 2.24. The van der Waals surface area contributed by atoms with Crippen molar-refractivity contribution >= 4 is 15.9 Å². The Bertz CT molecular complexity index is 301. The number of hydrogen-bond acceptors (Lipinski definition) is 2. The van der Waals surface area contributed by atoms with Crippen LogP contribution in [0.2, 0.25) is 0 Å². The summed E-state index contributed by atoms with van der Waals surface area (Å²) in [6, 6.07) is 8.54. The Morgan fingerprint density at radius 2 is 2.20 bits per heavy atom. The molecule has 3 N–H and O–H groups in total. The lowest BCUT2D eigenvalue weighted by atomic mass is 9.95. The Morgan fingerprint density at radius 3 is 2.73 bits per heavy atom. The van der Waals surface area contributed by atoms with Gasteiger partial charge in [0.05, 0.1) is 0 Å². The number of hydrogen-bond donors (Lipinski definition) is 2. The summed E-state index contributed by atoms with van der Waals surface area (Å²) in [5.74, 6) is 6.28. The molecule has 0 saturated carbocycles. The average molecular weight is 271 g/mol. The molecule has 3 heteroatoms. The normalized spacial score (nSPS) is 14.9. The topological polar surface area (TPSA) is 38.0 Å². The third-order valence-electron chi connectivity index (χ3n) is 2.79. The smallest absolute Gasteiger partial charge is 0.0462 e. The Morgan fingerprint density at radius 1 is 1.47 bits per heavy atom. The van der Waals surface area contributed by atoms with Crippen LogP contribution in [0.1, 0.15) is 38.3 Å². The van der Waals surface area contributed by atoms with E-state index in [1.54, 1.807) is 0 Å². The zero-order chi connectivity index (χ0) is 11.3. The third-order valence-corrected chi connectivity index (χ3v) is 3.28. The van der Waals surface area contributed by atoms with E-state index in [0.29, 0.717) is 5.92 Å². The maximum atomic E-state index is 5.59. The molecular weight excluding hydrogens is 252 g/mol. The van der Waals surface area contributed by atoms with E-state index in [2.05, 4.69) is 47.3 Å². The van der Waals surface area contributed by atoms with Crippen LogP contribution in [-0.4, -0.2) is 0 Å². The van der Waals surface area contributed by atoms with Crippen molar-refractivity contribution in [1.29, 1.82) is 0 Å². The molecule has 2 nitrogen and oxygen atoms in total. The van der Waals surface area contributed by atoms with Gasteiger partial charge in [-0.25, -0.2) is 0 Å². The number of rotatable bonds is 5. The number of hydrazine groups is 1. The largest absolute Gasteiger partial charge is 0.271 e. The molecule has 0 saturated heterocycles. The van der Waals surface area contributed by atoms with Crippen LogP contribution in [0.15, 0.2) is 28.7 Å². The minimum Gasteiger partial charge on any atom is -0.271 e. The van der Waals surface area contributed by atoms with Crippen LogP contribution in [0, 0.1) is 5.92 Å². The lowest BCUT2D eigenvalue weighted by Crippen LogP contribution is -2.29. The maximum absolute atomic E-state index is 5.59. The first-order chi connectivity index (χ1) is 7.17. The molecule has 0 bridgehead atoms. The van der Waals surface area contributed by atoms with Gasteiger partial charge in [0, 0.05) is 10.5 Å². The first-order valence-electron chi connectivity index (χ1n) is 5.39. The Balaban J connectivity index is 2.73. The van der Waals surface area contributed by atoms with E-state index < -0.39 is 0 Å². The molecular formula is C12H19BrN2. The summed E-state index contributed by atoms with van der Waals surface area (Å²) in [7, 11) is 0. The van der Waals surface area contributed by atoms with Crippen molar-refractivity contribution in [3.63, 3.8) is 0 Å². The first kappa shape index (κ1) is 12.7. The second-order valence-electron chi connectivity index (χ2n) is 4.02. The van der Waals surface area contributed by atoms with E-state index in [0.717, 1.165) is 10.9 Å². The fraction of sp³-hybridized carbons (Fsp3) is 0.500. The van der Waals surface area contributed by atoms with Crippen LogP contribution in [0.25, 0.3) is 0 Å². The van der Waals surface area contributed by atoms with Crippen LogP contribution in [0.3, 0.4) is 0 Å². The van der Waals surface area contributed by atoms with E-state index in [1.807, 2.05) is 12.1 Å². The molecule has 1 rings (SSSR count). The van der Waals surface area contributed by atoms with E-state index >= 15 is 0 Å². The van der Waals surface area contributed by atoms with Gasteiger partial charge in [-0.15, -0.1) is 0 Å². The van der Waals surface area contributed by atoms with Crippen molar-refractivity contribution in [2.75, 3.05) is 0 Å². The zero-order valence-electron chi connectivity index (χ0n) is 9.33. The molecule has 2 atom stereocenters. The maximum Gasteiger partial charge on any atom is 0.0462 e. The molecule has 15 heavy (non-hydrogen) atoms. The Hall–Kier alpha value is -0.380. The fourth-order valence-electron chi connectivity index (χ4n) is 1.59. The van der Waals surface area contributed by atoms with Crippen LogP contribution >= 0.6 is 15.9 Å². The van der Waals surface area contributed by atoms with E-state index in [1.165, 1.54) is 12.0 Å². The molecule has 0 radical (unpaired) electrons. The highest BCUT2D eigenvalue weighted by molar-refractivity contribution is 9.10. The predicted molar refractivity (Wildman–Crippen MR) is 68.3 cm³/mol. The number of nitrogens with one attached hydrogen (secondary N) is 1. The molecule has 0 heterocycles. The van der Waals surface area contributed by atoms with Gasteiger partial charge in [0.2, 0.25) is 0 Å². The van der Waals surface area contributed by atoms with E-state index in [9.17, 15) is 0 Å². The van der Waals surface area contributed by atoms with Crippen LogP contribution in [-0.2, 0) is 0 Å². The van der Waals surface area contributed by atoms with Crippen molar-refractivity contribution in [3.05, 3.63) is 34.3 Å². The van der Waals surface area contributed by atoms with Gasteiger partial charge in [-0.05, 0) is 30.0 Å². The quantitative estimate of drug-likeness (QED) is 0.636. The number of halogens is 1. The Labute approximate surface area is 100 Å². The third kappa shape index (κ3) is 3.93. The molecule has 1 aromatic carbocycles. The van der Waals surface area contributed by atoms with Crippen LogP contribution in [0.5, 0.6) is 0 Å². The van der Waals surface area contributed by atoms with Gasteiger partial charge in [0.15, 0.2) is 0 Å². The highest BCUT2D eigenvalue weighted by Gasteiger charge is 2.12.